The van der Waals surface area contributed by atoms with Crippen LogP contribution in [0, 0.1) is 0 Å². The molecule has 0 fully saturated rings. The van der Waals surface area contributed by atoms with E-state index < -0.39 is 15.6 Å². The van der Waals surface area contributed by atoms with Gasteiger partial charge in [0.15, 0.2) is 0 Å². The molecule has 0 radical (unpaired) electrons. The van der Waals surface area contributed by atoms with Crippen molar-refractivity contribution in [1.82, 2.24) is 0 Å². The van der Waals surface area contributed by atoms with Crippen molar-refractivity contribution in [3.05, 3.63) is 0 Å². The van der Waals surface area contributed by atoms with E-state index in [0.29, 0.717) is 0 Å². The molecule has 0 aromatic rings. The maximum Gasteiger partial charge on any atom is 0 e. The predicted octanol–water partition coefficient (Wildman–Crippen LogP) is 0.835. The van der Waals surface area contributed by atoms with Crippen LogP contribution in [0.4, 0.5) is 7.16 Å². The summed E-state index contributed by atoms with van der Waals surface area (Å²) >= 11 is -1.56. The zero-order valence-corrected chi connectivity index (χ0v) is 4.19. The van der Waals surface area contributed by atoms with E-state index >= 15 is 0 Å². The topological polar surface area (TPSA) is 0 Å². The molecular formula is CoF2Ti. The molecule has 0 N–H and O–H groups in total. The van der Waals surface area contributed by atoms with Gasteiger partial charge in [-0.3, -0.25) is 0 Å². The summed E-state index contributed by atoms with van der Waals surface area (Å²) in [5, 5.41) is 0. The number of rotatable bonds is 0. The van der Waals surface area contributed by atoms with Crippen molar-refractivity contribution < 1.29 is 44.5 Å². The molecule has 0 nitrogen and oxygen atoms in total. The van der Waals surface area contributed by atoms with Crippen LogP contribution in [0.3, 0.4) is 0 Å². The van der Waals surface area contributed by atoms with Crippen molar-refractivity contribution in [2.45, 2.75) is 0 Å². The molecule has 0 heterocycles. The molecule has 4 heteroatoms. The van der Waals surface area contributed by atoms with E-state index in [1.807, 2.05) is 0 Å². The van der Waals surface area contributed by atoms with Crippen molar-refractivity contribution in [3.8, 4) is 0 Å². The van der Waals surface area contributed by atoms with Crippen LogP contribution in [0.5, 0.6) is 0 Å². The van der Waals surface area contributed by atoms with Crippen LogP contribution in [-0.4, -0.2) is 0 Å². The Morgan fingerprint density at radius 2 is 1.25 bits per heavy atom. The van der Waals surface area contributed by atoms with Crippen molar-refractivity contribution in [2.75, 3.05) is 0 Å². The molecule has 0 unspecified atom stereocenters. The molecule has 0 saturated heterocycles. The predicted molar refractivity (Wildman–Crippen MR) is 2.22 cm³/mol. The maximum atomic E-state index is 9.59. The van der Waals surface area contributed by atoms with Crippen LogP contribution in [0.25, 0.3) is 0 Å². The molecule has 0 aromatic carbocycles. The van der Waals surface area contributed by atoms with Gasteiger partial charge in [-0.15, -0.1) is 0 Å². The Kier molecular flexibility index (Phi) is 19.9. The van der Waals surface area contributed by atoms with E-state index in [9.17, 15) is 7.16 Å². The maximum absolute atomic E-state index is 9.59. The van der Waals surface area contributed by atoms with Crippen LogP contribution < -0.4 is 0 Å². The second kappa shape index (κ2) is 8.95. The zero-order chi connectivity index (χ0) is 2.71. The smallest absolute Gasteiger partial charge is 0 e. The molecule has 0 aromatic heterocycles. The van der Waals surface area contributed by atoms with Crippen molar-refractivity contribution >= 4 is 0 Å². The van der Waals surface area contributed by atoms with Gasteiger partial charge in [0.05, 0.1) is 0 Å². The molecule has 0 aliphatic rings. The molecule has 4 heavy (non-hydrogen) atoms. The molecule has 0 spiro atoms. The fourth-order valence-corrected chi connectivity index (χ4v) is 0. The average Bonchev–Trinajstić information content (AvgIpc) is 0.918. The Morgan fingerprint density at radius 3 is 1.25 bits per heavy atom. The normalized spacial score (nSPS) is 5.50. The number of hydrogen-bond donors (Lipinski definition) is 0. The Balaban J connectivity index is 0. The summed E-state index contributed by atoms with van der Waals surface area (Å²) in [7, 11) is 0. The standard InChI is InChI=1S/Co.2FH.Ti/h;2*1H;/q+2;;;/p-2. The van der Waals surface area contributed by atoms with Crippen LogP contribution in [-0.2, 0) is 37.3 Å². The summed E-state index contributed by atoms with van der Waals surface area (Å²) in [6, 6.07) is 0. The van der Waals surface area contributed by atoms with Crippen LogP contribution in [0.2, 0.25) is 0 Å². The van der Waals surface area contributed by atoms with Gasteiger partial charge in [0, 0.05) is 21.7 Å². The molecule has 27 valence electrons. The van der Waals surface area contributed by atoms with Gasteiger partial charge in [-0.05, 0) is 0 Å². The fourth-order valence-electron chi connectivity index (χ4n) is 0. The van der Waals surface area contributed by atoms with E-state index in [0.717, 1.165) is 0 Å². The first-order valence-electron chi connectivity index (χ1n) is 0.252. The van der Waals surface area contributed by atoms with Gasteiger partial charge < -0.3 is 0 Å². The Bertz CT molecular complexity index is 6.00. The second-order valence-electron chi connectivity index (χ2n) is 0.0476. The van der Waals surface area contributed by atoms with Crippen LogP contribution in [0.15, 0.2) is 0 Å². The van der Waals surface area contributed by atoms with Gasteiger partial charge in [0.2, 0.25) is 0 Å². The van der Waals surface area contributed by atoms with Crippen molar-refractivity contribution in [1.29, 1.82) is 0 Å². The summed E-state index contributed by atoms with van der Waals surface area (Å²) in [4.78, 5) is 0. The van der Waals surface area contributed by atoms with E-state index in [2.05, 4.69) is 0 Å². The van der Waals surface area contributed by atoms with Gasteiger partial charge in [0.25, 0.3) is 0 Å². The second-order valence-corrected chi connectivity index (χ2v) is 0.196. The first kappa shape index (κ1) is 8.91. The third-order valence-corrected chi connectivity index (χ3v) is 0. The molecular weight excluding hydrogens is 145 g/mol. The Labute approximate surface area is 44.7 Å². The first-order chi connectivity index (χ1) is 1.41. The quantitative estimate of drug-likeness (QED) is 0.442. The Hall–Kier alpha value is 1.08. The van der Waals surface area contributed by atoms with Crippen LogP contribution >= 0.6 is 0 Å². The largest absolute Gasteiger partial charge is 0 e. The molecule has 0 aliphatic heterocycles. The molecule has 0 atom stereocenters. The van der Waals surface area contributed by atoms with Crippen molar-refractivity contribution in [3.63, 3.8) is 0 Å². The van der Waals surface area contributed by atoms with Gasteiger partial charge in [-0.25, -0.2) is 0 Å². The molecule has 0 aliphatic carbocycles. The summed E-state index contributed by atoms with van der Waals surface area (Å²) in [5.74, 6) is 0. The minimum atomic E-state index is -1.56. The minimum Gasteiger partial charge on any atom is 0 e. The fraction of sp³-hybridized carbons (Fsp3) is 0. The van der Waals surface area contributed by atoms with E-state index in [1.165, 1.54) is 0 Å². The number of hydrogen-bond acceptors (Lipinski definition) is 0. The van der Waals surface area contributed by atoms with E-state index in [4.69, 9.17) is 0 Å². The van der Waals surface area contributed by atoms with Crippen molar-refractivity contribution in [2.24, 2.45) is 0 Å². The molecule has 0 amide bonds. The van der Waals surface area contributed by atoms with E-state index in [1.54, 1.807) is 0 Å². The summed E-state index contributed by atoms with van der Waals surface area (Å²) < 4.78 is 19.2. The first-order valence-corrected chi connectivity index (χ1v) is 1.04. The third-order valence-electron chi connectivity index (χ3n) is 0. The number of halogens is 2. The summed E-state index contributed by atoms with van der Waals surface area (Å²) in [5.41, 5.74) is 0. The summed E-state index contributed by atoms with van der Waals surface area (Å²) in [6.07, 6.45) is 0. The monoisotopic (exact) mass is 145 g/mol. The summed E-state index contributed by atoms with van der Waals surface area (Å²) in [6.45, 7) is 0. The molecule has 0 rings (SSSR count). The van der Waals surface area contributed by atoms with Gasteiger partial charge in [0.1, 0.15) is 0 Å². The average molecular weight is 145 g/mol. The molecule has 0 bridgehead atoms. The Morgan fingerprint density at radius 1 is 1.25 bits per heavy atom. The SMILES string of the molecule is [F][Co][F].[Ti]. The van der Waals surface area contributed by atoms with Crippen LogP contribution in [0.1, 0.15) is 0 Å². The van der Waals surface area contributed by atoms with E-state index in [-0.39, 0.29) is 21.7 Å². The van der Waals surface area contributed by atoms with Gasteiger partial charge in [-0.1, -0.05) is 0 Å². The molecule has 0 saturated carbocycles. The minimum absolute atomic E-state index is 0. The zero-order valence-electron chi connectivity index (χ0n) is 1.59. The van der Waals surface area contributed by atoms with Gasteiger partial charge >= 0.3 is 22.8 Å². The third kappa shape index (κ3) is 11.4. The van der Waals surface area contributed by atoms with Gasteiger partial charge in [-0.2, -0.15) is 0 Å².